The SMILES string of the molecule is COc1ccc(CN2CCN(C(=O)c3ccccc3F)CC2)c(OC)c1. The fourth-order valence-electron chi connectivity index (χ4n) is 3.14. The summed E-state index contributed by atoms with van der Waals surface area (Å²) in [4.78, 5) is 16.5. The Morgan fingerprint density at radius 3 is 2.42 bits per heavy atom. The number of amides is 1. The molecule has 0 aliphatic carbocycles. The molecule has 1 fully saturated rings. The first-order chi connectivity index (χ1) is 12.6. The fourth-order valence-corrected chi connectivity index (χ4v) is 3.14. The standard InChI is InChI=1S/C20H23FN2O3/c1-25-16-8-7-15(19(13-16)26-2)14-22-9-11-23(12-10-22)20(24)17-5-3-4-6-18(17)21/h3-8,13H,9-12,14H2,1-2H3. The molecular formula is C20H23FN2O3. The fraction of sp³-hybridized carbons (Fsp3) is 0.350. The van der Waals surface area contributed by atoms with Crippen molar-refractivity contribution >= 4 is 5.91 Å². The molecule has 1 saturated heterocycles. The zero-order valence-electron chi connectivity index (χ0n) is 15.1. The minimum atomic E-state index is -0.470. The Hall–Kier alpha value is -2.60. The van der Waals surface area contributed by atoms with Gasteiger partial charge in [0.15, 0.2) is 0 Å². The van der Waals surface area contributed by atoms with Crippen molar-refractivity contribution in [2.75, 3.05) is 40.4 Å². The molecule has 2 aromatic carbocycles. The number of carbonyl (C=O) groups excluding carboxylic acids is 1. The van der Waals surface area contributed by atoms with Crippen molar-refractivity contribution in [2.24, 2.45) is 0 Å². The maximum Gasteiger partial charge on any atom is 0.256 e. The lowest BCUT2D eigenvalue weighted by Crippen LogP contribution is -2.48. The molecule has 26 heavy (non-hydrogen) atoms. The summed E-state index contributed by atoms with van der Waals surface area (Å²) in [6.07, 6.45) is 0. The number of hydrogen-bond acceptors (Lipinski definition) is 4. The van der Waals surface area contributed by atoms with Gasteiger partial charge in [0, 0.05) is 44.4 Å². The summed E-state index contributed by atoms with van der Waals surface area (Å²) in [5, 5.41) is 0. The van der Waals surface area contributed by atoms with E-state index < -0.39 is 5.82 Å². The molecule has 6 heteroatoms. The molecule has 3 rings (SSSR count). The molecule has 0 N–H and O–H groups in total. The zero-order valence-corrected chi connectivity index (χ0v) is 15.1. The molecule has 0 atom stereocenters. The molecule has 0 saturated carbocycles. The highest BCUT2D eigenvalue weighted by atomic mass is 19.1. The van der Waals surface area contributed by atoms with E-state index in [1.54, 1.807) is 31.3 Å². The van der Waals surface area contributed by atoms with Crippen molar-refractivity contribution in [3.8, 4) is 11.5 Å². The van der Waals surface area contributed by atoms with Gasteiger partial charge in [-0.05, 0) is 18.2 Å². The van der Waals surface area contributed by atoms with Crippen molar-refractivity contribution in [3.05, 3.63) is 59.4 Å². The highest BCUT2D eigenvalue weighted by Gasteiger charge is 2.24. The van der Waals surface area contributed by atoms with Crippen LogP contribution in [0.1, 0.15) is 15.9 Å². The van der Waals surface area contributed by atoms with Gasteiger partial charge in [-0.3, -0.25) is 9.69 Å². The predicted molar refractivity (Wildman–Crippen MR) is 97.1 cm³/mol. The third-order valence-corrected chi connectivity index (χ3v) is 4.65. The Kier molecular flexibility index (Phi) is 5.73. The second-order valence-corrected chi connectivity index (χ2v) is 6.23. The molecule has 0 aromatic heterocycles. The Morgan fingerprint density at radius 1 is 1.04 bits per heavy atom. The van der Waals surface area contributed by atoms with Gasteiger partial charge in [0.2, 0.25) is 0 Å². The maximum absolute atomic E-state index is 13.8. The summed E-state index contributed by atoms with van der Waals surface area (Å²) < 4.78 is 24.5. The molecule has 138 valence electrons. The van der Waals surface area contributed by atoms with Crippen LogP contribution in [0.25, 0.3) is 0 Å². The number of benzene rings is 2. The number of rotatable bonds is 5. The molecule has 1 heterocycles. The summed E-state index contributed by atoms with van der Waals surface area (Å²) in [5.41, 5.74) is 1.21. The van der Waals surface area contributed by atoms with E-state index in [0.717, 1.165) is 36.7 Å². The number of hydrogen-bond donors (Lipinski definition) is 0. The lowest BCUT2D eigenvalue weighted by atomic mass is 10.1. The van der Waals surface area contributed by atoms with Crippen LogP contribution < -0.4 is 9.47 Å². The summed E-state index contributed by atoms with van der Waals surface area (Å²) in [6.45, 7) is 3.34. The quantitative estimate of drug-likeness (QED) is 0.824. The van der Waals surface area contributed by atoms with Crippen LogP contribution in [-0.4, -0.2) is 56.1 Å². The van der Waals surface area contributed by atoms with Gasteiger partial charge < -0.3 is 14.4 Å². The third kappa shape index (κ3) is 3.96. The summed E-state index contributed by atoms with van der Waals surface area (Å²) >= 11 is 0. The second kappa shape index (κ2) is 8.19. The summed E-state index contributed by atoms with van der Waals surface area (Å²) in [5.74, 6) is 0.827. The van der Waals surface area contributed by atoms with Gasteiger partial charge in [-0.15, -0.1) is 0 Å². The summed E-state index contributed by atoms with van der Waals surface area (Å²) in [7, 11) is 3.27. The Morgan fingerprint density at radius 2 is 1.77 bits per heavy atom. The molecule has 0 unspecified atom stereocenters. The van der Waals surface area contributed by atoms with E-state index in [9.17, 15) is 9.18 Å². The lowest BCUT2D eigenvalue weighted by molar-refractivity contribution is 0.0623. The molecule has 1 aliphatic heterocycles. The third-order valence-electron chi connectivity index (χ3n) is 4.65. The van der Waals surface area contributed by atoms with E-state index >= 15 is 0 Å². The second-order valence-electron chi connectivity index (χ2n) is 6.23. The highest BCUT2D eigenvalue weighted by molar-refractivity contribution is 5.94. The van der Waals surface area contributed by atoms with E-state index in [1.165, 1.54) is 12.1 Å². The maximum atomic E-state index is 13.8. The topological polar surface area (TPSA) is 42.0 Å². The van der Waals surface area contributed by atoms with Gasteiger partial charge in [-0.1, -0.05) is 18.2 Å². The molecule has 0 spiro atoms. The van der Waals surface area contributed by atoms with Crippen LogP contribution in [0.5, 0.6) is 11.5 Å². The normalized spacial score (nSPS) is 15.0. The molecule has 5 nitrogen and oxygen atoms in total. The lowest BCUT2D eigenvalue weighted by Gasteiger charge is -2.35. The number of piperazine rings is 1. The zero-order chi connectivity index (χ0) is 18.5. The van der Waals surface area contributed by atoms with Gasteiger partial charge in [-0.2, -0.15) is 0 Å². The van der Waals surface area contributed by atoms with Crippen LogP contribution in [0.2, 0.25) is 0 Å². The molecular weight excluding hydrogens is 335 g/mol. The first kappa shape index (κ1) is 18.2. The van der Waals surface area contributed by atoms with Gasteiger partial charge in [0.25, 0.3) is 5.91 Å². The van der Waals surface area contributed by atoms with Crippen LogP contribution in [0.15, 0.2) is 42.5 Å². The number of ether oxygens (including phenoxy) is 2. The van der Waals surface area contributed by atoms with E-state index in [0.29, 0.717) is 13.1 Å². The Labute approximate surface area is 152 Å². The summed E-state index contributed by atoms with van der Waals surface area (Å²) in [6, 6.07) is 11.9. The Bertz CT molecular complexity index is 773. The average molecular weight is 358 g/mol. The predicted octanol–water partition coefficient (Wildman–Crippen LogP) is 2.80. The van der Waals surface area contributed by atoms with Crippen LogP contribution >= 0.6 is 0 Å². The van der Waals surface area contributed by atoms with Gasteiger partial charge >= 0.3 is 0 Å². The van der Waals surface area contributed by atoms with Crippen molar-refractivity contribution in [3.63, 3.8) is 0 Å². The van der Waals surface area contributed by atoms with Crippen LogP contribution in [0, 0.1) is 5.82 Å². The number of carbonyl (C=O) groups is 1. The molecule has 0 bridgehead atoms. The van der Waals surface area contributed by atoms with E-state index in [-0.39, 0.29) is 11.5 Å². The van der Waals surface area contributed by atoms with Crippen molar-refractivity contribution in [1.29, 1.82) is 0 Å². The number of nitrogens with zero attached hydrogens (tertiary/aromatic N) is 2. The number of methoxy groups -OCH3 is 2. The van der Waals surface area contributed by atoms with Gasteiger partial charge in [0.1, 0.15) is 17.3 Å². The first-order valence-corrected chi connectivity index (χ1v) is 8.59. The molecule has 2 aromatic rings. The minimum Gasteiger partial charge on any atom is -0.497 e. The average Bonchev–Trinajstić information content (AvgIpc) is 2.68. The molecule has 1 aliphatic rings. The van der Waals surface area contributed by atoms with Crippen LogP contribution in [0.4, 0.5) is 4.39 Å². The van der Waals surface area contributed by atoms with E-state index in [4.69, 9.17) is 9.47 Å². The Balaban J connectivity index is 1.61. The molecule has 1 amide bonds. The number of halogens is 1. The first-order valence-electron chi connectivity index (χ1n) is 8.59. The van der Waals surface area contributed by atoms with Crippen molar-refractivity contribution in [2.45, 2.75) is 6.54 Å². The largest absolute Gasteiger partial charge is 0.497 e. The van der Waals surface area contributed by atoms with Crippen molar-refractivity contribution < 1.29 is 18.7 Å². The minimum absolute atomic E-state index is 0.137. The van der Waals surface area contributed by atoms with E-state index in [2.05, 4.69) is 4.90 Å². The molecule has 0 radical (unpaired) electrons. The highest BCUT2D eigenvalue weighted by Crippen LogP contribution is 2.26. The van der Waals surface area contributed by atoms with Gasteiger partial charge in [-0.25, -0.2) is 4.39 Å². The monoisotopic (exact) mass is 358 g/mol. The van der Waals surface area contributed by atoms with Gasteiger partial charge in [0.05, 0.1) is 19.8 Å². The van der Waals surface area contributed by atoms with Crippen molar-refractivity contribution in [1.82, 2.24) is 9.80 Å². The van der Waals surface area contributed by atoms with Crippen LogP contribution in [0.3, 0.4) is 0 Å². The van der Waals surface area contributed by atoms with Crippen LogP contribution in [-0.2, 0) is 6.54 Å². The smallest absolute Gasteiger partial charge is 0.256 e. The van der Waals surface area contributed by atoms with E-state index in [1.807, 2.05) is 18.2 Å².